The van der Waals surface area contributed by atoms with Gasteiger partial charge in [-0.1, -0.05) is 23.7 Å². The highest BCUT2D eigenvalue weighted by atomic mass is 35.5. The molecule has 1 aliphatic heterocycles. The zero-order valence-electron chi connectivity index (χ0n) is 14.2. The van der Waals surface area contributed by atoms with E-state index in [1.807, 2.05) is 0 Å². The molecule has 1 atom stereocenters. The Labute approximate surface area is 155 Å². The van der Waals surface area contributed by atoms with Gasteiger partial charge in [0.15, 0.2) is 0 Å². The molecule has 6 nitrogen and oxygen atoms in total. The Hall–Kier alpha value is -2.99. The lowest BCUT2D eigenvalue weighted by Gasteiger charge is -2.29. The first kappa shape index (κ1) is 17.8. The molecule has 0 fully saturated rings. The lowest BCUT2D eigenvalue weighted by atomic mass is 9.92. The van der Waals surface area contributed by atoms with Gasteiger partial charge in [-0.3, -0.25) is 0 Å². The second-order valence-electron chi connectivity index (χ2n) is 5.60. The molecule has 7 heteroatoms. The Kier molecular flexibility index (Phi) is 5.14. The molecular weight excluding hydrogens is 356 g/mol. The number of benzene rings is 2. The normalized spacial score (nSPS) is 16.6. The van der Waals surface area contributed by atoms with Gasteiger partial charge in [-0.25, -0.2) is 9.59 Å². The second kappa shape index (κ2) is 7.49. The third kappa shape index (κ3) is 3.50. The average Bonchev–Trinajstić information content (AvgIpc) is 2.66. The summed E-state index contributed by atoms with van der Waals surface area (Å²) in [4.78, 5) is 24.7. The van der Waals surface area contributed by atoms with Crippen LogP contribution < -0.4 is 15.4 Å². The number of carbonyl (C=O) groups excluding carboxylic acids is 2. The number of nitrogens with one attached hydrogen (secondary N) is 2. The molecule has 26 heavy (non-hydrogen) atoms. The van der Waals surface area contributed by atoms with Crippen molar-refractivity contribution >= 4 is 29.3 Å². The highest BCUT2D eigenvalue weighted by molar-refractivity contribution is 6.30. The number of esters is 1. The summed E-state index contributed by atoms with van der Waals surface area (Å²) in [6, 6.07) is 12.9. The molecule has 2 N–H and O–H groups in total. The lowest BCUT2D eigenvalue weighted by molar-refractivity contribution is -0.136. The van der Waals surface area contributed by atoms with E-state index in [-0.39, 0.29) is 0 Å². The molecule has 0 aliphatic carbocycles. The Morgan fingerprint density at radius 2 is 1.85 bits per heavy atom. The van der Waals surface area contributed by atoms with E-state index >= 15 is 0 Å². The molecule has 0 aromatic heterocycles. The van der Waals surface area contributed by atoms with Crippen molar-refractivity contribution in [2.45, 2.75) is 6.04 Å². The fourth-order valence-electron chi connectivity index (χ4n) is 2.82. The quantitative estimate of drug-likeness (QED) is 0.807. The smallest absolute Gasteiger partial charge is 0.338 e. The molecule has 1 unspecified atom stereocenters. The van der Waals surface area contributed by atoms with Gasteiger partial charge >= 0.3 is 12.0 Å². The molecule has 0 radical (unpaired) electrons. The van der Waals surface area contributed by atoms with E-state index in [4.69, 9.17) is 21.1 Å². The van der Waals surface area contributed by atoms with Crippen molar-refractivity contribution in [2.24, 2.45) is 0 Å². The van der Waals surface area contributed by atoms with Crippen LogP contribution in [0, 0.1) is 0 Å². The number of methoxy groups -OCH3 is 2. The summed E-state index contributed by atoms with van der Waals surface area (Å²) in [5.74, 6) is 0.119. The van der Waals surface area contributed by atoms with Crippen molar-refractivity contribution in [3.05, 3.63) is 70.3 Å². The first-order valence-electron chi connectivity index (χ1n) is 7.83. The van der Waals surface area contributed by atoms with Gasteiger partial charge in [0.05, 0.1) is 31.5 Å². The van der Waals surface area contributed by atoms with E-state index in [1.165, 1.54) is 7.11 Å². The van der Waals surface area contributed by atoms with Crippen LogP contribution in [0.2, 0.25) is 5.02 Å². The van der Waals surface area contributed by atoms with E-state index < -0.39 is 18.0 Å². The highest BCUT2D eigenvalue weighted by Crippen LogP contribution is 2.33. The summed E-state index contributed by atoms with van der Waals surface area (Å²) in [7, 11) is 2.86. The van der Waals surface area contributed by atoms with Crippen LogP contribution in [0.4, 0.5) is 4.79 Å². The monoisotopic (exact) mass is 372 g/mol. The number of hydrogen-bond donors (Lipinski definition) is 2. The highest BCUT2D eigenvalue weighted by Gasteiger charge is 2.34. The van der Waals surface area contributed by atoms with Crippen LogP contribution in [0.15, 0.2) is 54.1 Å². The van der Waals surface area contributed by atoms with Crippen LogP contribution in [0.5, 0.6) is 5.75 Å². The van der Waals surface area contributed by atoms with Crippen molar-refractivity contribution in [2.75, 3.05) is 14.2 Å². The molecule has 0 bridgehead atoms. The minimum atomic E-state index is -0.688. The zero-order valence-corrected chi connectivity index (χ0v) is 15.0. The third-order valence-corrected chi connectivity index (χ3v) is 4.27. The van der Waals surface area contributed by atoms with Crippen LogP contribution in [0.3, 0.4) is 0 Å². The van der Waals surface area contributed by atoms with Gasteiger partial charge in [-0.15, -0.1) is 0 Å². The SMILES string of the molecule is COC(=O)C1=C(c2ccc(OC)cc2)NC(=O)NC1c1cccc(Cl)c1. The first-order chi connectivity index (χ1) is 12.5. The van der Waals surface area contributed by atoms with Crippen molar-refractivity contribution in [3.8, 4) is 5.75 Å². The minimum Gasteiger partial charge on any atom is -0.497 e. The fraction of sp³-hybridized carbons (Fsp3) is 0.158. The molecule has 1 heterocycles. The van der Waals surface area contributed by atoms with Gasteiger partial charge in [0.25, 0.3) is 0 Å². The summed E-state index contributed by atoms with van der Waals surface area (Å²) in [5, 5.41) is 5.97. The van der Waals surface area contributed by atoms with Crippen LogP contribution in [0.25, 0.3) is 5.70 Å². The van der Waals surface area contributed by atoms with Crippen LogP contribution in [-0.2, 0) is 9.53 Å². The molecule has 0 saturated heterocycles. The van der Waals surface area contributed by atoms with E-state index in [9.17, 15) is 9.59 Å². The van der Waals surface area contributed by atoms with Gasteiger partial charge < -0.3 is 20.1 Å². The molecule has 0 saturated carbocycles. The molecule has 1 aliphatic rings. The molecule has 3 rings (SSSR count). The van der Waals surface area contributed by atoms with Crippen molar-refractivity contribution in [1.29, 1.82) is 0 Å². The van der Waals surface area contributed by atoms with E-state index in [2.05, 4.69) is 10.6 Å². The van der Waals surface area contributed by atoms with Gasteiger partial charge in [-0.05, 0) is 47.5 Å². The first-order valence-corrected chi connectivity index (χ1v) is 8.21. The second-order valence-corrected chi connectivity index (χ2v) is 6.03. The predicted octanol–water partition coefficient (Wildman–Crippen LogP) is 3.29. The number of hydrogen-bond acceptors (Lipinski definition) is 4. The van der Waals surface area contributed by atoms with E-state index in [0.717, 1.165) is 0 Å². The molecular formula is C19H17ClN2O4. The third-order valence-electron chi connectivity index (χ3n) is 4.04. The molecule has 2 amide bonds. The minimum absolute atomic E-state index is 0.291. The Balaban J connectivity index is 2.17. The van der Waals surface area contributed by atoms with Crippen molar-refractivity contribution in [3.63, 3.8) is 0 Å². The topological polar surface area (TPSA) is 76.7 Å². The lowest BCUT2D eigenvalue weighted by Crippen LogP contribution is -2.45. The fourth-order valence-corrected chi connectivity index (χ4v) is 3.01. The van der Waals surface area contributed by atoms with E-state index in [0.29, 0.717) is 33.2 Å². The summed E-state index contributed by atoms with van der Waals surface area (Å²) < 4.78 is 10.1. The van der Waals surface area contributed by atoms with E-state index in [1.54, 1.807) is 55.6 Å². The van der Waals surface area contributed by atoms with Gasteiger partial charge in [0, 0.05) is 5.02 Å². The Morgan fingerprint density at radius 1 is 1.12 bits per heavy atom. The number of halogens is 1. The number of urea groups is 1. The molecule has 134 valence electrons. The maximum atomic E-state index is 12.5. The zero-order chi connectivity index (χ0) is 18.7. The number of amides is 2. The largest absolute Gasteiger partial charge is 0.497 e. The molecule has 2 aromatic rings. The number of rotatable bonds is 4. The summed E-state index contributed by atoms with van der Waals surface area (Å²) in [6.45, 7) is 0. The molecule has 0 spiro atoms. The van der Waals surface area contributed by atoms with Gasteiger partial charge in [0.2, 0.25) is 0 Å². The Bertz CT molecular complexity index is 877. The average molecular weight is 373 g/mol. The summed E-state index contributed by atoms with van der Waals surface area (Å²) >= 11 is 6.07. The van der Waals surface area contributed by atoms with Crippen LogP contribution in [0.1, 0.15) is 17.2 Å². The maximum Gasteiger partial charge on any atom is 0.338 e. The number of carbonyl (C=O) groups is 2. The number of ether oxygens (including phenoxy) is 2. The summed E-state index contributed by atoms with van der Waals surface area (Å²) in [5.41, 5.74) is 2.01. The summed E-state index contributed by atoms with van der Waals surface area (Å²) in [6.07, 6.45) is 0. The Morgan fingerprint density at radius 3 is 2.46 bits per heavy atom. The standard InChI is InChI=1S/C19H17ClN2O4/c1-25-14-8-6-11(7-9-14)16-15(18(23)26-2)17(22-19(24)21-16)12-4-3-5-13(20)10-12/h3-10,17H,1-2H3,(H2,21,22,24). The van der Waals surface area contributed by atoms with Gasteiger partial charge in [-0.2, -0.15) is 0 Å². The van der Waals surface area contributed by atoms with Crippen molar-refractivity contribution in [1.82, 2.24) is 10.6 Å². The van der Waals surface area contributed by atoms with Crippen LogP contribution in [-0.4, -0.2) is 26.2 Å². The van der Waals surface area contributed by atoms with Crippen LogP contribution >= 0.6 is 11.6 Å². The molecule has 2 aromatic carbocycles. The van der Waals surface area contributed by atoms with Gasteiger partial charge in [0.1, 0.15) is 5.75 Å². The predicted molar refractivity (Wildman–Crippen MR) is 97.8 cm³/mol. The van der Waals surface area contributed by atoms with Crippen molar-refractivity contribution < 1.29 is 19.1 Å². The maximum absolute atomic E-state index is 12.5.